The van der Waals surface area contributed by atoms with E-state index in [0.29, 0.717) is 12.8 Å². The molecule has 6 heteroatoms. The first-order valence-corrected chi connectivity index (χ1v) is 7.89. The Hall–Kier alpha value is -1.66. The minimum atomic E-state index is -1.10. The number of esters is 2. The van der Waals surface area contributed by atoms with Crippen molar-refractivity contribution in [2.45, 2.75) is 51.4 Å². The fourth-order valence-corrected chi connectivity index (χ4v) is 4.58. The van der Waals surface area contributed by atoms with Crippen LogP contribution >= 0.6 is 0 Å². The highest BCUT2D eigenvalue weighted by atomic mass is 17.1. The van der Waals surface area contributed by atoms with Crippen LogP contribution in [-0.2, 0) is 24.0 Å². The summed E-state index contributed by atoms with van der Waals surface area (Å²) in [6.45, 7) is 9.07. The second-order valence-corrected chi connectivity index (χ2v) is 6.85. The highest BCUT2D eigenvalue weighted by Crippen LogP contribution is 2.55. The van der Waals surface area contributed by atoms with Crippen molar-refractivity contribution in [3.05, 3.63) is 23.8 Å². The standard InChI is InChI=1S/C17H22O6/c1-8-7-13(21-11(4)18)14-10(3)16(19)22-15(14)17(23-20)9(2)5-6-12(8)17/h5,8,12-15,20H,3,6-7H2,1-2,4H3/t8-,12-,13-,14+,15+,17+/m0/s1. The summed E-state index contributed by atoms with van der Waals surface area (Å²) in [6.07, 6.45) is 2.03. The number of ether oxygens (including phenoxy) is 2. The normalized spacial score (nSPS) is 42.4. The van der Waals surface area contributed by atoms with E-state index in [1.165, 1.54) is 6.92 Å². The summed E-state index contributed by atoms with van der Waals surface area (Å²) in [7, 11) is 0. The summed E-state index contributed by atoms with van der Waals surface area (Å²) in [5.74, 6) is -1.41. The van der Waals surface area contributed by atoms with Gasteiger partial charge in [0.25, 0.3) is 0 Å². The van der Waals surface area contributed by atoms with Crippen molar-refractivity contribution in [1.82, 2.24) is 0 Å². The Morgan fingerprint density at radius 3 is 2.83 bits per heavy atom. The van der Waals surface area contributed by atoms with Crippen molar-refractivity contribution in [3.8, 4) is 0 Å². The summed E-state index contributed by atoms with van der Waals surface area (Å²) in [5, 5.41) is 9.78. The molecular formula is C17H22O6. The third-order valence-electron chi connectivity index (χ3n) is 5.65. The summed E-state index contributed by atoms with van der Waals surface area (Å²) in [5.41, 5.74) is -0.00305. The molecule has 0 aromatic heterocycles. The molecule has 0 unspecified atom stereocenters. The Bertz CT molecular complexity index is 594. The average Bonchev–Trinajstić information content (AvgIpc) is 2.93. The van der Waals surface area contributed by atoms with Crippen molar-refractivity contribution in [3.63, 3.8) is 0 Å². The van der Waals surface area contributed by atoms with E-state index in [1.807, 2.05) is 19.9 Å². The number of rotatable bonds is 2. The molecule has 1 N–H and O–H groups in total. The number of carbonyl (C=O) groups excluding carboxylic acids is 2. The highest BCUT2D eigenvalue weighted by molar-refractivity contribution is 5.91. The van der Waals surface area contributed by atoms with Gasteiger partial charge in [-0.2, -0.15) is 0 Å². The summed E-state index contributed by atoms with van der Waals surface area (Å²) in [4.78, 5) is 28.6. The van der Waals surface area contributed by atoms with Crippen LogP contribution in [0.25, 0.3) is 0 Å². The quantitative estimate of drug-likeness (QED) is 0.276. The molecule has 3 aliphatic rings. The molecule has 23 heavy (non-hydrogen) atoms. The van der Waals surface area contributed by atoms with Gasteiger partial charge in [0, 0.05) is 18.4 Å². The van der Waals surface area contributed by atoms with Gasteiger partial charge in [-0.05, 0) is 31.3 Å². The van der Waals surface area contributed by atoms with Crippen LogP contribution in [-0.4, -0.2) is 35.0 Å². The zero-order valence-corrected chi connectivity index (χ0v) is 13.6. The number of allylic oxidation sites excluding steroid dienone is 1. The first-order chi connectivity index (χ1) is 10.8. The highest BCUT2D eigenvalue weighted by Gasteiger charge is 2.64. The first kappa shape index (κ1) is 16.2. The lowest BCUT2D eigenvalue weighted by Gasteiger charge is -2.39. The number of fused-ring (bicyclic) bond motifs is 3. The van der Waals surface area contributed by atoms with Crippen LogP contribution in [0.5, 0.6) is 0 Å². The Morgan fingerprint density at radius 2 is 2.22 bits per heavy atom. The average molecular weight is 322 g/mol. The molecule has 2 fully saturated rings. The molecule has 2 aliphatic carbocycles. The maximum atomic E-state index is 12.1. The predicted molar refractivity (Wildman–Crippen MR) is 80.2 cm³/mol. The van der Waals surface area contributed by atoms with Gasteiger partial charge in [0.1, 0.15) is 12.2 Å². The molecule has 0 spiro atoms. The number of carbonyl (C=O) groups is 2. The monoisotopic (exact) mass is 322 g/mol. The number of hydrogen-bond donors (Lipinski definition) is 1. The van der Waals surface area contributed by atoms with Crippen molar-refractivity contribution >= 4 is 11.9 Å². The van der Waals surface area contributed by atoms with Gasteiger partial charge in [0.05, 0.1) is 5.92 Å². The molecule has 6 atom stereocenters. The minimum Gasteiger partial charge on any atom is -0.462 e. The molecule has 1 aliphatic heterocycles. The molecule has 3 rings (SSSR count). The maximum Gasteiger partial charge on any atom is 0.334 e. The van der Waals surface area contributed by atoms with Gasteiger partial charge >= 0.3 is 11.9 Å². The third-order valence-corrected chi connectivity index (χ3v) is 5.65. The lowest BCUT2D eigenvalue weighted by molar-refractivity contribution is -0.346. The predicted octanol–water partition coefficient (Wildman–Crippen LogP) is 2.25. The fourth-order valence-electron chi connectivity index (χ4n) is 4.58. The molecule has 0 amide bonds. The van der Waals surface area contributed by atoms with Crippen LogP contribution < -0.4 is 0 Å². The third kappa shape index (κ3) is 2.16. The Labute approximate surface area is 135 Å². The van der Waals surface area contributed by atoms with Gasteiger partial charge in [-0.1, -0.05) is 19.6 Å². The Balaban J connectivity index is 2.11. The zero-order chi connectivity index (χ0) is 16.9. The van der Waals surface area contributed by atoms with E-state index in [2.05, 4.69) is 6.58 Å². The van der Waals surface area contributed by atoms with Crippen molar-refractivity contribution in [2.24, 2.45) is 17.8 Å². The van der Waals surface area contributed by atoms with E-state index in [1.54, 1.807) is 0 Å². The summed E-state index contributed by atoms with van der Waals surface area (Å²) < 4.78 is 11.0. The summed E-state index contributed by atoms with van der Waals surface area (Å²) >= 11 is 0. The maximum absolute atomic E-state index is 12.1. The van der Waals surface area contributed by atoms with Crippen LogP contribution in [0.3, 0.4) is 0 Å². The van der Waals surface area contributed by atoms with E-state index in [-0.39, 0.29) is 17.4 Å². The van der Waals surface area contributed by atoms with Gasteiger partial charge in [0.15, 0.2) is 5.60 Å². The van der Waals surface area contributed by atoms with E-state index in [4.69, 9.17) is 14.4 Å². The number of hydrogen-bond acceptors (Lipinski definition) is 6. The van der Waals surface area contributed by atoms with Gasteiger partial charge in [0.2, 0.25) is 0 Å². The molecule has 0 bridgehead atoms. The summed E-state index contributed by atoms with van der Waals surface area (Å²) in [6, 6.07) is 0. The van der Waals surface area contributed by atoms with Crippen molar-refractivity contribution in [1.29, 1.82) is 0 Å². The molecule has 0 radical (unpaired) electrons. The molecule has 6 nitrogen and oxygen atoms in total. The fraction of sp³-hybridized carbons (Fsp3) is 0.647. The minimum absolute atomic E-state index is 0.0562. The van der Waals surface area contributed by atoms with E-state index >= 15 is 0 Å². The Morgan fingerprint density at radius 1 is 1.52 bits per heavy atom. The van der Waals surface area contributed by atoms with Gasteiger partial charge in [-0.25, -0.2) is 9.68 Å². The molecule has 1 saturated heterocycles. The van der Waals surface area contributed by atoms with Crippen LogP contribution in [0.2, 0.25) is 0 Å². The smallest absolute Gasteiger partial charge is 0.334 e. The van der Waals surface area contributed by atoms with Crippen LogP contribution in [0.15, 0.2) is 23.8 Å². The Kier molecular flexibility index (Phi) is 3.84. The van der Waals surface area contributed by atoms with E-state index < -0.39 is 35.7 Å². The van der Waals surface area contributed by atoms with E-state index in [0.717, 1.165) is 5.57 Å². The lowest BCUT2D eigenvalue weighted by Crippen LogP contribution is -2.53. The molecular weight excluding hydrogens is 300 g/mol. The van der Waals surface area contributed by atoms with E-state index in [9.17, 15) is 14.8 Å². The second-order valence-electron chi connectivity index (χ2n) is 6.85. The first-order valence-electron chi connectivity index (χ1n) is 7.89. The molecule has 126 valence electrons. The largest absolute Gasteiger partial charge is 0.462 e. The van der Waals surface area contributed by atoms with Gasteiger partial charge < -0.3 is 9.47 Å². The van der Waals surface area contributed by atoms with Gasteiger partial charge in [-0.3, -0.25) is 10.1 Å². The lowest BCUT2D eigenvalue weighted by atomic mass is 9.74. The van der Waals surface area contributed by atoms with Crippen LogP contribution in [0.4, 0.5) is 0 Å². The topological polar surface area (TPSA) is 82.1 Å². The van der Waals surface area contributed by atoms with Gasteiger partial charge in [-0.15, -0.1) is 0 Å². The molecule has 1 saturated carbocycles. The SMILES string of the molecule is C=C1C(=O)O[C@@H]2[C@H]1[C@@H](OC(C)=O)C[C@H](C)[C@@H]1CC=C(C)[C@]21OO. The van der Waals surface area contributed by atoms with Crippen molar-refractivity contribution in [2.75, 3.05) is 0 Å². The van der Waals surface area contributed by atoms with Crippen LogP contribution in [0, 0.1) is 17.8 Å². The molecule has 0 aromatic rings. The van der Waals surface area contributed by atoms with Crippen LogP contribution in [0.1, 0.15) is 33.6 Å². The molecule has 1 heterocycles. The second kappa shape index (κ2) is 5.46. The van der Waals surface area contributed by atoms with Crippen molar-refractivity contribution < 1.29 is 29.2 Å². The molecule has 0 aromatic carbocycles. The zero-order valence-electron chi connectivity index (χ0n) is 13.6.